The molecule has 2 nitrogen and oxygen atoms in total. The molecule has 0 bridgehead atoms. The molecule has 1 rings (SSSR count). The zero-order chi connectivity index (χ0) is 11.5. The molecule has 0 aliphatic carbocycles. The molecule has 1 aromatic rings. The molecule has 0 amide bonds. The second-order valence-electron chi connectivity index (χ2n) is 3.94. The third kappa shape index (κ3) is 3.06. The zero-order valence-corrected chi connectivity index (χ0v) is 10.4. The van der Waals surface area contributed by atoms with E-state index >= 15 is 0 Å². The van der Waals surface area contributed by atoms with Crippen LogP contribution in [0.2, 0.25) is 0 Å². The van der Waals surface area contributed by atoms with Crippen molar-refractivity contribution < 1.29 is 8.42 Å². The van der Waals surface area contributed by atoms with Gasteiger partial charge in [-0.2, -0.15) is 0 Å². The molecule has 84 valence electrons. The monoisotopic (exact) mass is 226 g/mol. The van der Waals surface area contributed by atoms with E-state index in [0.29, 0.717) is 4.90 Å². The van der Waals surface area contributed by atoms with Crippen LogP contribution in [0.1, 0.15) is 30.9 Å². The fraction of sp³-hybridized carbons (Fsp3) is 0.500. The minimum absolute atomic E-state index is 0.257. The molecule has 0 heterocycles. The van der Waals surface area contributed by atoms with Crippen LogP contribution in [-0.4, -0.2) is 14.2 Å². The fourth-order valence-electron chi connectivity index (χ4n) is 1.59. The highest BCUT2D eigenvalue weighted by Crippen LogP contribution is 2.18. The Morgan fingerprint density at radius 2 is 1.87 bits per heavy atom. The number of rotatable bonds is 4. The summed E-state index contributed by atoms with van der Waals surface area (Å²) in [5.41, 5.74) is 1.95. The number of aryl methyl sites for hydroxylation is 2. The molecule has 0 radical (unpaired) electrons. The summed E-state index contributed by atoms with van der Waals surface area (Å²) in [6.45, 7) is 5.82. The highest BCUT2D eigenvalue weighted by atomic mass is 32.2. The number of hydrogen-bond donors (Lipinski definition) is 0. The molecule has 0 aliphatic rings. The van der Waals surface area contributed by atoms with Crippen molar-refractivity contribution in [3.05, 3.63) is 29.3 Å². The molecular formula is C12H18O2S. The smallest absolute Gasteiger partial charge is 0.178 e. The highest BCUT2D eigenvalue weighted by molar-refractivity contribution is 7.91. The summed E-state index contributed by atoms with van der Waals surface area (Å²) in [7, 11) is -3.07. The van der Waals surface area contributed by atoms with Gasteiger partial charge >= 0.3 is 0 Å². The number of benzene rings is 1. The van der Waals surface area contributed by atoms with Gasteiger partial charge in [0.05, 0.1) is 10.6 Å². The first-order valence-electron chi connectivity index (χ1n) is 5.27. The Morgan fingerprint density at radius 1 is 1.20 bits per heavy atom. The number of sulfone groups is 1. The van der Waals surface area contributed by atoms with E-state index in [9.17, 15) is 8.42 Å². The topological polar surface area (TPSA) is 34.1 Å². The summed E-state index contributed by atoms with van der Waals surface area (Å²) in [6, 6.07) is 5.49. The van der Waals surface area contributed by atoms with Crippen LogP contribution in [0.3, 0.4) is 0 Å². The van der Waals surface area contributed by atoms with Crippen molar-refractivity contribution in [2.75, 3.05) is 5.75 Å². The van der Waals surface area contributed by atoms with Crippen LogP contribution in [0.5, 0.6) is 0 Å². The molecule has 15 heavy (non-hydrogen) atoms. The normalized spacial score (nSPS) is 11.7. The van der Waals surface area contributed by atoms with Crippen molar-refractivity contribution in [3.8, 4) is 0 Å². The van der Waals surface area contributed by atoms with Crippen molar-refractivity contribution in [1.82, 2.24) is 0 Å². The Hall–Kier alpha value is -0.830. The maximum absolute atomic E-state index is 11.9. The predicted molar refractivity (Wildman–Crippen MR) is 62.9 cm³/mol. The van der Waals surface area contributed by atoms with Gasteiger partial charge in [0.2, 0.25) is 0 Å². The Labute approximate surface area is 92.2 Å². The highest BCUT2D eigenvalue weighted by Gasteiger charge is 2.15. The SMILES string of the molecule is CCCCS(=O)(=O)c1ccc(C)cc1C. The molecule has 3 heteroatoms. The molecule has 0 unspecified atom stereocenters. The van der Waals surface area contributed by atoms with Gasteiger partial charge in [0.15, 0.2) is 9.84 Å². The lowest BCUT2D eigenvalue weighted by molar-refractivity contribution is 0.592. The van der Waals surface area contributed by atoms with Crippen molar-refractivity contribution >= 4 is 9.84 Å². The van der Waals surface area contributed by atoms with Gasteiger partial charge in [0.1, 0.15) is 0 Å². The Balaban J connectivity index is 3.05. The second kappa shape index (κ2) is 4.79. The molecule has 0 N–H and O–H groups in total. The van der Waals surface area contributed by atoms with E-state index in [-0.39, 0.29) is 5.75 Å². The summed E-state index contributed by atoms with van der Waals surface area (Å²) in [6.07, 6.45) is 1.64. The van der Waals surface area contributed by atoms with Gasteiger partial charge < -0.3 is 0 Å². The van der Waals surface area contributed by atoms with Crippen LogP contribution in [0.25, 0.3) is 0 Å². The van der Waals surface area contributed by atoms with Gasteiger partial charge in [-0.15, -0.1) is 0 Å². The zero-order valence-electron chi connectivity index (χ0n) is 9.58. The van der Waals surface area contributed by atoms with Crippen LogP contribution in [0, 0.1) is 13.8 Å². The van der Waals surface area contributed by atoms with E-state index < -0.39 is 9.84 Å². The number of hydrogen-bond acceptors (Lipinski definition) is 2. The summed E-state index contributed by atoms with van der Waals surface area (Å²) >= 11 is 0. The maximum atomic E-state index is 11.9. The van der Waals surface area contributed by atoms with Crippen LogP contribution >= 0.6 is 0 Å². The van der Waals surface area contributed by atoms with Crippen LogP contribution in [-0.2, 0) is 9.84 Å². The third-order valence-corrected chi connectivity index (χ3v) is 4.39. The average Bonchev–Trinajstić information content (AvgIpc) is 2.14. The molecule has 0 saturated heterocycles. The van der Waals surface area contributed by atoms with Crippen LogP contribution in [0.4, 0.5) is 0 Å². The van der Waals surface area contributed by atoms with Gasteiger partial charge in [-0.05, 0) is 31.9 Å². The maximum Gasteiger partial charge on any atom is 0.178 e. The first kappa shape index (κ1) is 12.2. The summed E-state index contributed by atoms with van der Waals surface area (Å²) < 4.78 is 23.8. The van der Waals surface area contributed by atoms with Crippen molar-refractivity contribution in [2.45, 2.75) is 38.5 Å². The lowest BCUT2D eigenvalue weighted by atomic mass is 10.2. The van der Waals surface area contributed by atoms with Crippen molar-refractivity contribution in [1.29, 1.82) is 0 Å². The first-order valence-corrected chi connectivity index (χ1v) is 6.92. The average molecular weight is 226 g/mol. The van der Waals surface area contributed by atoms with E-state index in [2.05, 4.69) is 0 Å². The van der Waals surface area contributed by atoms with Crippen LogP contribution in [0.15, 0.2) is 23.1 Å². The van der Waals surface area contributed by atoms with Gasteiger partial charge in [-0.25, -0.2) is 8.42 Å². The predicted octanol–water partition coefficient (Wildman–Crippen LogP) is 2.88. The standard InChI is InChI=1S/C12H18O2S/c1-4-5-8-15(13,14)12-7-6-10(2)9-11(12)3/h6-7,9H,4-5,8H2,1-3H3. The molecule has 0 aliphatic heterocycles. The van der Waals surface area contributed by atoms with E-state index in [0.717, 1.165) is 24.0 Å². The lowest BCUT2D eigenvalue weighted by Crippen LogP contribution is -2.08. The minimum Gasteiger partial charge on any atom is -0.224 e. The van der Waals surface area contributed by atoms with Gasteiger partial charge in [-0.3, -0.25) is 0 Å². The lowest BCUT2D eigenvalue weighted by Gasteiger charge is -2.07. The molecule has 0 atom stereocenters. The van der Waals surface area contributed by atoms with Gasteiger partial charge in [0, 0.05) is 0 Å². The van der Waals surface area contributed by atoms with Crippen LogP contribution < -0.4 is 0 Å². The quantitative estimate of drug-likeness (QED) is 0.791. The summed E-state index contributed by atoms with van der Waals surface area (Å²) in [4.78, 5) is 0.488. The Bertz CT molecular complexity index is 433. The summed E-state index contributed by atoms with van der Waals surface area (Å²) in [5.74, 6) is 0.257. The summed E-state index contributed by atoms with van der Waals surface area (Å²) in [5, 5.41) is 0. The molecule has 0 saturated carbocycles. The third-order valence-electron chi connectivity index (χ3n) is 2.43. The molecular weight excluding hydrogens is 208 g/mol. The molecule has 0 fully saturated rings. The molecule has 0 spiro atoms. The van der Waals surface area contributed by atoms with E-state index in [1.54, 1.807) is 6.07 Å². The first-order chi connectivity index (χ1) is 6.97. The molecule has 1 aromatic carbocycles. The largest absolute Gasteiger partial charge is 0.224 e. The van der Waals surface area contributed by atoms with E-state index in [1.165, 1.54) is 0 Å². The Morgan fingerprint density at radius 3 is 2.40 bits per heavy atom. The minimum atomic E-state index is -3.07. The van der Waals surface area contributed by atoms with Crippen molar-refractivity contribution in [2.24, 2.45) is 0 Å². The van der Waals surface area contributed by atoms with Gasteiger partial charge in [-0.1, -0.05) is 31.0 Å². The van der Waals surface area contributed by atoms with Gasteiger partial charge in [0.25, 0.3) is 0 Å². The molecule has 0 aromatic heterocycles. The second-order valence-corrected chi connectivity index (χ2v) is 6.02. The van der Waals surface area contributed by atoms with Crippen molar-refractivity contribution in [3.63, 3.8) is 0 Å². The number of unbranched alkanes of at least 4 members (excludes halogenated alkanes) is 1. The van der Waals surface area contributed by atoms with E-state index in [4.69, 9.17) is 0 Å². The Kier molecular flexibility index (Phi) is 3.91. The van der Waals surface area contributed by atoms with E-state index in [1.807, 2.05) is 32.9 Å². The fourth-order valence-corrected chi connectivity index (χ4v) is 3.31.